The van der Waals surface area contributed by atoms with Crippen LogP contribution in [0.3, 0.4) is 0 Å². The molecular formula is C26H20FN3O. The second-order valence-electron chi connectivity index (χ2n) is 7.55. The Bertz CT molecular complexity index is 1330. The Balaban J connectivity index is 1.53. The zero-order valence-electron chi connectivity index (χ0n) is 17.0. The Morgan fingerprint density at radius 1 is 0.935 bits per heavy atom. The number of benzene rings is 3. The van der Waals surface area contributed by atoms with Crippen LogP contribution in [0.2, 0.25) is 0 Å². The van der Waals surface area contributed by atoms with Crippen molar-refractivity contribution in [1.82, 2.24) is 4.57 Å². The minimum absolute atomic E-state index is 0.140. The van der Waals surface area contributed by atoms with E-state index in [1.165, 1.54) is 17.1 Å². The van der Waals surface area contributed by atoms with E-state index in [4.69, 9.17) is 0 Å². The van der Waals surface area contributed by atoms with Gasteiger partial charge < -0.3 is 4.57 Å². The SMILES string of the molecule is CC1=NN(c2ccccc2)C(=O)/C1=C/c1cn(Cc2ccc(F)cc2)c2ccccc12. The van der Waals surface area contributed by atoms with Crippen LogP contribution < -0.4 is 5.01 Å². The average molecular weight is 409 g/mol. The molecular weight excluding hydrogens is 389 g/mol. The van der Waals surface area contributed by atoms with Crippen LogP contribution in [0.15, 0.2) is 95.7 Å². The van der Waals surface area contributed by atoms with E-state index < -0.39 is 0 Å². The smallest absolute Gasteiger partial charge is 0.280 e. The van der Waals surface area contributed by atoms with E-state index in [2.05, 4.69) is 15.7 Å². The van der Waals surface area contributed by atoms with Gasteiger partial charge in [-0.05, 0) is 48.9 Å². The van der Waals surface area contributed by atoms with E-state index in [9.17, 15) is 9.18 Å². The molecule has 0 atom stereocenters. The number of hydrogen-bond donors (Lipinski definition) is 0. The van der Waals surface area contributed by atoms with Crippen LogP contribution in [0, 0.1) is 5.82 Å². The largest absolute Gasteiger partial charge is 0.342 e. The zero-order chi connectivity index (χ0) is 21.4. The molecule has 31 heavy (non-hydrogen) atoms. The summed E-state index contributed by atoms with van der Waals surface area (Å²) >= 11 is 0. The van der Waals surface area contributed by atoms with Crippen molar-refractivity contribution >= 4 is 34.3 Å². The van der Waals surface area contributed by atoms with Crippen LogP contribution in [0.25, 0.3) is 17.0 Å². The second kappa shape index (κ2) is 7.69. The molecule has 1 aliphatic rings. The molecule has 0 unspecified atom stereocenters. The first-order valence-corrected chi connectivity index (χ1v) is 10.1. The Kier molecular flexibility index (Phi) is 4.71. The van der Waals surface area contributed by atoms with E-state index in [1.54, 1.807) is 12.1 Å². The summed E-state index contributed by atoms with van der Waals surface area (Å²) in [5, 5.41) is 6.97. The Morgan fingerprint density at radius 3 is 2.42 bits per heavy atom. The minimum atomic E-state index is -0.246. The molecule has 5 rings (SSSR count). The van der Waals surface area contributed by atoms with Gasteiger partial charge >= 0.3 is 0 Å². The van der Waals surface area contributed by atoms with Crippen LogP contribution >= 0.6 is 0 Å². The molecule has 1 aliphatic heterocycles. The molecule has 0 aliphatic carbocycles. The summed E-state index contributed by atoms with van der Waals surface area (Å²) in [7, 11) is 0. The standard InChI is InChI=1S/C26H20FN3O/c1-18-24(26(31)30(28-18)22-7-3-2-4-8-22)15-20-17-29(25-10-6-5-9-23(20)25)16-19-11-13-21(27)14-12-19/h2-15,17H,16H2,1H3/b24-15+. The first-order chi connectivity index (χ1) is 15.1. The summed E-state index contributed by atoms with van der Waals surface area (Å²) < 4.78 is 15.4. The average Bonchev–Trinajstić information content (AvgIpc) is 3.28. The Morgan fingerprint density at radius 2 is 1.65 bits per heavy atom. The quantitative estimate of drug-likeness (QED) is 0.402. The number of hydrogen-bond acceptors (Lipinski definition) is 2. The normalized spacial score (nSPS) is 15.2. The summed E-state index contributed by atoms with van der Waals surface area (Å²) in [6.45, 7) is 2.46. The summed E-state index contributed by atoms with van der Waals surface area (Å²) in [6.07, 6.45) is 3.94. The highest BCUT2D eigenvalue weighted by atomic mass is 19.1. The lowest BCUT2D eigenvalue weighted by Gasteiger charge is -2.10. The molecule has 0 spiro atoms. The third-order valence-corrected chi connectivity index (χ3v) is 5.45. The molecule has 4 aromatic rings. The number of rotatable bonds is 4. The van der Waals surface area contributed by atoms with Crippen molar-refractivity contribution in [3.8, 4) is 0 Å². The van der Waals surface area contributed by atoms with Crippen molar-refractivity contribution in [2.45, 2.75) is 13.5 Å². The van der Waals surface area contributed by atoms with Gasteiger partial charge in [0.2, 0.25) is 0 Å². The van der Waals surface area contributed by atoms with Crippen molar-refractivity contribution < 1.29 is 9.18 Å². The molecule has 2 heterocycles. The first-order valence-electron chi connectivity index (χ1n) is 10.1. The van der Waals surface area contributed by atoms with Gasteiger partial charge in [0.15, 0.2) is 0 Å². The van der Waals surface area contributed by atoms with Crippen molar-refractivity contribution in [3.63, 3.8) is 0 Å². The van der Waals surface area contributed by atoms with Gasteiger partial charge in [-0.1, -0.05) is 48.5 Å². The summed E-state index contributed by atoms with van der Waals surface area (Å²) in [4.78, 5) is 13.1. The summed E-state index contributed by atoms with van der Waals surface area (Å²) in [6, 6.07) is 24.0. The van der Waals surface area contributed by atoms with Crippen LogP contribution in [-0.2, 0) is 11.3 Å². The fraction of sp³-hybridized carbons (Fsp3) is 0.0769. The number of hydrazone groups is 1. The second-order valence-corrected chi connectivity index (χ2v) is 7.55. The molecule has 152 valence electrons. The van der Waals surface area contributed by atoms with E-state index in [1.807, 2.05) is 67.7 Å². The number of aromatic nitrogens is 1. The highest BCUT2D eigenvalue weighted by Gasteiger charge is 2.28. The lowest BCUT2D eigenvalue weighted by atomic mass is 10.1. The molecule has 0 fully saturated rings. The Labute approximate surface area is 179 Å². The molecule has 0 N–H and O–H groups in total. The lowest BCUT2D eigenvalue weighted by Crippen LogP contribution is -2.21. The van der Waals surface area contributed by atoms with E-state index in [-0.39, 0.29) is 11.7 Å². The predicted molar refractivity (Wildman–Crippen MR) is 122 cm³/mol. The maximum atomic E-state index is 13.3. The monoisotopic (exact) mass is 409 g/mol. The molecule has 0 saturated heterocycles. The maximum absolute atomic E-state index is 13.3. The van der Waals surface area contributed by atoms with Gasteiger partial charge in [-0.3, -0.25) is 4.79 Å². The third kappa shape index (κ3) is 3.55. The molecule has 5 heteroatoms. The van der Waals surface area contributed by atoms with Crippen molar-refractivity contribution in [2.75, 3.05) is 5.01 Å². The van der Waals surface area contributed by atoms with Crippen molar-refractivity contribution in [1.29, 1.82) is 0 Å². The fourth-order valence-corrected chi connectivity index (χ4v) is 3.89. The number of carbonyl (C=O) groups excluding carboxylic acids is 1. The number of halogens is 1. The third-order valence-electron chi connectivity index (χ3n) is 5.45. The van der Waals surface area contributed by atoms with Crippen molar-refractivity contribution in [3.05, 3.63) is 108 Å². The van der Waals surface area contributed by atoms with Gasteiger partial charge in [-0.25, -0.2) is 4.39 Å². The van der Waals surface area contributed by atoms with Gasteiger partial charge in [-0.15, -0.1) is 0 Å². The van der Waals surface area contributed by atoms with Gasteiger partial charge in [0, 0.05) is 29.2 Å². The molecule has 3 aromatic carbocycles. The molecule has 0 saturated carbocycles. The molecule has 0 bridgehead atoms. The molecule has 0 radical (unpaired) electrons. The number of amides is 1. The Hall–Kier alpha value is -3.99. The zero-order valence-corrected chi connectivity index (χ0v) is 17.0. The number of carbonyl (C=O) groups is 1. The molecule has 1 aromatic heterocycles. The minimum Gasteiger partial charge on any atom is -0.342 e. The van der Waals surface area contributed by atoms with Gasteiger partial charge in [0.05, 0.1) is 17.0 Å². The molecule has 4 nitrogen and oxygen atoms in total. The number of anilines is 1. The van der Waals surface area contributed by atoms with Crippen LogP contribution in [0.4, 0.5) is 10.1 Å². The highest BCUT2D eigenvalue weighted by molar-refractivity contribution is 6.32. The van der Waals surface area contributed by atoms with E-state index in [0.29, 0.717) is 17.8 Å². The van der Waals surface area contributed by atoms with E-state index >= 15 is 0 Å². The number of para-hydroxylation sites is 2. The van der Waals surface area contributed by atoms with Crippen LogP contribution in [0.1, 0.15) is 18.1 Å². The maximum Gasteiger partial charge on any atom is 0.280 e. The van der Waals surface area contributed by atoms with Gasteiger partial charge in [0.25, 0.3) is 5.91 Å². The highest BCUT2D eigenvalue weighted by Crippen LogP contribution is 2.28. The van der Waals surface area contributed by atoms with Crippen LogP contribution in [-0.4, -0.2) is 16.2 Å². The number of fused-ring (bicyclic) bond motifs is 1. The topological polar surface area (TPSA) is 37.6 Å². The van der Waals surface area contributed by atoms with Gasteiger partial charge in [-0.2, -0.15) is 10.1 Å². The van der Waals surface area contributed by atoms with Crippen molar-refractivity contribution in [2.24, 2.45) is 5.10 Å². The summed E-state index contributed by atoms with van der Waals surface area (Å²) in [5.41, 5.74) is 5.02. The predicted octanol–water partition coefficient (Wildman–Crippen LogP) is 5.63. The van der Waals surface area contributed by atoms with E-state index in [0.717, 1.165) is 27.7 Å². The first kappa shape index (κ1) is 19.0. The fourth-order valence-electron chi connectivity index (χ4n) is 3.89. The molecule has 1 amide bonds. The lowest BCUT2D eigenvalue weighted by molar-refractivity contribution is -0.114. The van der Waals surface area contributed by atoms with Gasteiger partial charge in [0.1, 0.15) is 5.82 Å². The van der Waals surface area contributed by atoms with Crippen LogP contribution in [0.5, 0.6) is 0 Å². The summed E-state index contributed by atoms with van der Waals surface area (Å²) in [5.74, 6) is -0.386. The number of nitrogens with zero attached hydrogens (tertiary/aromatic N) is 3.